The number of hydrogen-bond donors (Lipinski definition) is 6. The van der Waals surface area contributed by atoms with E-state index < -0.39 is 53.8 Å². The molecule has 0 saturated carbocycles. The summed E-state index contributed by atoms with van der Waals surface area (Å²) in [6.07, 6.45) is 0.444. The van der Waals surface area contributed by atoms with E-state index in [1.165, 1.54) is 6.92 Å². The molecule has 0 fully saturated rings. The number of carboxylic acid groups (broad SMARTS) is 2. The van der Waals surface area contributed by atoms with Gasteiger partial charge in [0.2, 0.25) is 17.7 Å². The highest BCUT2D eigenvalue weighted by Gasteiger charge is 2.31. The van der Waals surface area contributed by atoms with Crippen molar-refractivity contribution in [2.24, 2.45) is 17.6 Å². The summed E-state index contributed by atoms with van der Waals surface area (Å²) in [5, 5.41) is 25.5. The van der Waals surface area contributed by atoms with Gasteiger partial charge in [-0.1, -0.05) is 34.1 Å². The van der Waals surface area contributed by atoms with E-state index in [2.05, 4.69) is 16.0 Å². The summed E-state index contributed by atoms with van der Waals surface area (Å²) in [7, 11) is 0. The normalized spacial score (nSPS) is 15.8. The van der Waals surface area contributed by atoms with Crippen molar-refractivity contribution < 1.29 is 34.2 Å². The summed E-state index contributed by atoms with van der Waals surface area (Å²) in [6.45, 7) is 8.62. The van der Waals surface area contributed by atoms with Gasteiger partial charge in [-0.25, -0.2) is 4.79 Å². The van der Waals surface area contributed by atoms with Crippen molar-refractivity contribution >= 4 is 29.7 Å². The highest BCUT2D eigenvalue weighted by atomic mass is 16.4. The van der Waals surface area contributed by atoms with Crippen LogP contribution in [0.3, 0.4) is 0 Å². The molecule has 178 valence electrons. The third kappa shape index (κ3) is 10.8. The first-order valence-corrected chi connectivity index (χ1v) is 10.4. The Bertz CT molecular complexity index is 653. The topological polar surface area (TPSA) is 188 Å². The van der Waals surface area contributed by atoms with Gasteiger partial charge in [0, 0.05) is 6.42 Å². The standard InChI is InChI=1S/C20H36N4O7/c1-6-11(4)16(20(30)31)24-19(29)14(9-10(2)3)23-17(27)12(5)22-18(28)13(21)7-8-15(25)26/h10-14,16H,6-9,21H2,1-5H3,(H,22,28)(H,23,27)(H,24,29)(H,25,26)(H,30,31). The van der Waals surface area contributed by atoms with E-state index in [0.29, 0.717) is 6.42 Å². The average Bonchev–Trinajstić information content (AvgIpc) is 2.67. The summed E-state index contributed by atoms with van der Waals surface area (Å²) in [4.78, 5) is 59.3. The fourth-order valence-corrected chi connectivity index (χ4v) is 2.73. The maximum atomic E-state index is 12.7. The molecule has 0 aliphatic carbocycles. The fraction of sp³-hybridized carbons (Fsp3) is 0.750. The molecule has 0 aliphatic rings. The second-order valence-corrected chi connectivity index (χ2v) is 8.17. The van der Waals surface area contributed by atoms with E-state index >= 15 is 0 Å². The molecule has 11 nitrogen and oxygen atoms in total. The van der Waals surface area contributed by atoms with E-state index in [9.17, 15) is 29.1 Å². The number of carbonyl (C=O) groups excluding carboxylic acids is 3. The predicted octanol–water partition coefficient (Wildman–Crippen LogP) is -0.170. The van der Waals surface area contributed by atoms with E-state index in [0.717, 1.165) is 0 Å². The number of carboxylic acids is 2. The zero-order valence-electron chi connectivity index (χ0n) is 18.8. The predicted molar refractivity (Wildman–Crippen MR) is 113 cm³/mol. The second-order valence-electron chi connectivity index (χ2n) is 8.17. The summed E-state index contributed by atoms with van der Waals surface area (Å²) in [5.74, 6) is -4.47. The minimum atomic E-state index is -1.16. The van der Waals surface area contributed by atoms with E-state index in [1.54, 1.807) is 6.92 Å². The molecular weight excluding hydrogens is 408 g/mol. The number of nitrogens with two attached hydrogens (primary N) is 1. The molecule has 0 heterocycles. The third-order valence-corrected chi connectivity index (χ3v) is 4.87. The van der Waals surface area contributed by atoms with Gasteiger partial charge in [0.05, 0.1) is 6.04 Å². The molecule has 7 N–H and O–H groups in total. The Morgan fingerprint density at radius 3 is 1.90 bits per heavy atom. The minimum Gasteiger partial charge on any atom is -0.481 e. The summed E-state index contributed by atoms with van der Waals surface area (Å²) < 4.78 is 0. The highest BCUT2D eigenvalue weighted by Crippen LogP contribution is 2.11. The lowest BCUT2D eigenvalue weighted by Crippen LogP contribution is -2.57. The van der Waals surface area contributed by atoms with Gasteiger partial charge < -0.3 is 31.9 Å². The SMILES string of the molecule is CCC(C)C(NC(=O)C(CC(C)C)NC(=O)C(C)NC(=O)C(N)CCC(=O)O)C(=O)O. The first-order valence-electron chi connectivity index (χ1n) is 10.4. The zero-order chi connectivity index (χ0) is 24.3. The molecule has 0 bridgehead atoms. The average molecular weight is 445 g/mol. The van der Waals surface area contributed by atoms with Gasteiger partial charge in [0.15, 0.2) is 0 Å². The van der Waals surface area contributed by atoms with Gasteiger partial charge in [-0.3, -0.25) is 19.2 Å². The van der Waals surface area contributed by atoms with Crippen molar-refractivity contribution in [2.75, 3.05) is 0 Å². The van der Waals surface area contributed by atoms with Gasteiger partial charge >= 0.3 is 11.9 Å². The van der Waals surface area contributed by atoms with Crippen molar-refractivity contribution in [3.63, 3.8) is 0 Å². The zero-order valence-corrected chi connectivity index (χ0v) is 18.8. The summed E-state index contributed by atoms with van der Waals surface area (Å²) in [5.41, 5.74) is 5.63. The van der Waals surface area contributed by atoms with Crippen LogP contribution in [0, 0.1) is 11.8 Å². The van der Waals surface area contributed by atoms with Crippen molar-refractivity contribution in [3.8, 4) is 0 Å². The van der Waals surface area contributed by atoms with Crippen LogP contribution in [0.15, 0.2) is 0 Å². The van der Waals surface area contributed by atoms with Crippen molar-refractivity contribution in [3.05, 3.63) is 0 Å². The first kappa shape index (κ1) is 28.3. The second kappa shape index (κ2) is 13.6. The molecule has 0 saturated heterocycles. The number of hydrogen-bond acceptors (Lipinski definition) is 6. The molecule has 0 aliphatic heterocycles. The smallest absolute Gasteiger partial charge is 0.326 e. The number of aliphatic carboxylic acids is 2. The van der Waals surface area contributed by atoms with Crippen LogP contribution in [0.2, 0.25) is 0 Å². The van der Waals surface area contributed by atoms with Crippen LogP contribution in [0.5, 0.6) is 0 Å². The first-order chi connectivity index (χ1) is 14.3. The Kier molecular flexibility index (Phi) is 12.4. The Labute approximate surface area is 182 Å². The van der Waals surface area contributed by atoms with Crippen LogP contribution >= 0.6 is 0 Å². The molecule has 5 atom stereocenters. The van der Waals surface area contributed by atoms with E-state index in [4.69, 9.17) is 10.8 Å². The van der Waals surface area contributed by atoms with E-state index in [1.807, 2.05) is 20.8 Å². The molecule has 0 aromatic carbocycles. The van der Waals surface area contributed by atoms with Gasteiger partial charge in [0.25, 0.3) is 0 Å². The highest BCUT2D eigenvalue weighted by molar-refractivity contribution is 5.94. The molecule has 31 heavy (non-hydrogen) atoms. The van der Waals surface area contributed by atoms with Gasteiger partial charge in [-0.15, -0.1) is 0 Å². The Hall–Kier alpha value is -2.69. The maximum Gasteiger partial charge on any atom is 0.326 e. The van der Waals surface area contributed by atoms with Crippen LogP contribution in [0.4, 0.5) is 0 Å². The van der Waals surface area contributed by atoms with Gasteiger partial charge in [-0.05, 0) is 31.6 Å². The Morgan fingerprint density at radius 1 is 0.871 bits per heavy atom. The summed E-state index contributed by atoms with van der Waals surface area (Å²) in [6, 6.07) is -4.20. The molecule has 0 spiro atoms. The molecule has 3 amide bonds. The lowest BCUT2D eigenvalue weighted by Gasteiger charge is -2.26. The van der Waals surface area contributed by atoms with Crippen LogP contribution in [-0.4, -0.2) is 64.0 Å². The summed E-state index contributed by atoms with van der Waals surface area (Å²) >= 11 is 0. The molecule has 11 heteroatoms. The molecule has 5 unspecified atom stereocenters. The van der Waals surface area contributed by atoms with Crippen molar-refractivity contribution in [2.45, 2.75) is 84.5 Å². The van der Waals surface area contributed by atoms with Crippen molar-refractivity contribution in [1.29, 1.82) is 0 Å². The van der Waals surface area contributed by atoms with Gasteiger partial charge in [-0.2, -0.15) is 0 Å². The molecule has 0 aromatic heterocycles. The minimum absolute atomic E-state index is 0.0252. The molecule has 0 aromatic rings. The number of carbonyl (C=O) groups is 5. The maximum absolute atomic E-state index is 12.7. The van der Waals surface area contributed by atoms with Crippen LogP contribution in [0.1, 0.15) is 60.3 Å². The van der Waals surface area contributed by atoms with Crippen LogP contribution in [-0.2, 0) is 24.0 Å². The van der Waals surface area contributed by atoms with Gasteiger partial charge in [0.1, 0.15) is 18.1 Å². The number of amides is 3. The third-order valence-electron chi connectivity index (χ3n) is 4.87. The van der Waals surface area contributed by atoms with E-state index in [-0.39, 0.29) is 31.1 Å². The molecule has 0 radical (unpaired) electrons. The van der Waals surface area contributed by atoms with Crippen LogP contribution in [0.25, 0.3) is 0 Å². The van der Waals surface area contributed by atoms with Crippen molar-refractivity contribution in [1.82, 2.24) is 16.0 Å². The Balaban J connectivity index is 5.11. The van der Waals surface area contributed by atoms with Crippen LogP contribution < -0.4 is 21.7 Å². The molecular formula is C20H36N4O7. The number of nitrogens with one attached hydrogen (secondary N) is 3. The Morgan fingerprint density at radius 2 is 1.45 bits per heavy atom. The quantitative estimate of drug-likeness (QED) is 0.213. The molecule has 0 rings (SSSR count). The lowest BCUT2D eigenvalue weighted by molar-refractivity contribution is -0.144. The number of rotatable bonds is 14. The monoisotopic (exact) mass is 444 g/mol. The lowest BCUT2D eigenvalue weighted by atomic mass is 9.97. The fourth-order valence-electron chi connectivity index (χ4n) is 2.73. The largest absolute Gasteiger partial charge is 0.481 e.